The van der Waals surface area contributed by atoms with Gasteiger partial charge in [0.05, 0.1) is 4.92 Å². The van der Waals surface area contributed by atoms with Crippen molar-refractivity contribution in [1.29, 1.82) is 0 Å². The lowest BCUT2D eigenvalue weighted by atomic mass is 10.2. The zero-order valence-corrected chi connectivity index (χ0v) is 11.8. The molecule has 0 fully saturated rings. The van der Waals surface area contributed by atoms with Crippen LogP contribution >= 0.6 is 0 Å². The van der Waals surface area contributed by atoms with Gasteiger partial charge in [-0.1, -0.05) is 6.07 Å². The molecule has 0 saturated heterocycles. The van der Waals surface area contributed by atoms with Gasteiger partial charge in [0.1, 0.15) is 11.4 Å². The Morgan fingerprint density at radius 1 is 1.30 bits per heavy atom. The number of amides is 2. The summed E-state index contributed by atoms with van der Waals surface area (Å²) in [7, 11) is 4.91. The molecule has 8 heteroatoms. The topological polar surface area (TPSA) is 99.5 Å². The minimum Gasteiger partial charge on any atom is -0.382 e. The monoisotopic (exact) mass is 281 g/mol. The van der Waals surface area contributed by atoms with Gasteiger partial charge in [0.25, 0.3) is 0 Å². The molecule has 0 aliphatic rings. The number of hydrogen-bond acceptors (Lipinski definition) is 5. The molecule has 0 atom stereocenters. The van der Waals surface area contributed by atoms with Gasteiger partial charge >= 0.3 is 11.7 Å². The number of para-hydroxylation sites is 1. The van der Waals surface area contributed by atoms with Crippen LogP contribution in [0.2, 0.25) is 0 Å². The Balaban J connectivity index is 2.64. The van der Waals surface area contributed by atoms with E-state index >= 15 is 0 Å². The van der Waals surface area contributed by atoms with Gasteiger partial charge in [-0.3, -0.25) is 10.1 Å². The van der Waals surface area contributed by atoms with E-state index in [0.717, 1.165) is 0 Å². The summed E-state index contributed by atoms with van der Waals surface area (Å²) in [5.74, 6) is 0. The van der Waals surface area contributed by atoms with Gasteiger partial charge < -0.3 is 20.9 Å². The summed E-state index contributed by atoms with van der Waals surface area (Å²) >= 11 is 0. The zero-order valence-electron chi connectivity index (χ0n) is 11.8. The molecule has 0 aromatic heterocycles. The van der Waals surface area contributed by atoms with E-state index in [1.807, 2.05) is 0 Å². The van der Waals surface area contributed by atoms with Crippen LogP contribution in [-0.2, 0) is 0 Å². The van der Waals surface area contributed by atoms with Crippen LogP contribution in [0.5, 0.6) is 0 Å². The maximum Gasteiger partial charge on any atom is 0.316 e. The molecule has 0 unspecified atom stereocenters. The van der Waals surface area contributed by atoms with Crippen molar-refractivity contribution < 1.29 is 9.72 Å². The number of carbonyl (C=O) groups is 1. The van der Waals surface area contributed by atoms with Crippen molar-refractivity contribution >= 4 is 23.1 Å². The van der Waals surface area contributed by atoms with Gasteiger partial charge in [0.2, 0.25) is 0 Å². The van der Waals surface area contributed by atoms with Gasteiger partial charge in [0, 0.05) is 34.2 Å². The molecule has 0 bridgehead atoms. The second kappa shape index (κ2) is 7.17. The number of carbonyl (C=O) groups excluding carboxylic acids is 1. The number of nitro benzene ring substituents is 1. The average Bonchev–Trinajstić information content (AvgIpc) is 2.42. The van der Waals surface area contributed by atoms with E-state index in [4.69, 9.17) is 0 Å². The molecule has 1 rings (SSSR count). The van der Waals surface area contributed by atoms with E-state index < -0.39 is 4.92 Å². The molecule has 8 nitrogen and oxygen atoms in total. The molecule has 110 valence electrons. The van der Waals surface area contributed by atoms with Crippen LogP contribution in [0.3, 0.4) is 0 Å². The van der Waals surface area contributed by atoms with Crippen LogP contribution in [-0.4, -0.2) is 50.1 Å². The maximum atomic E-state index is 11.3. The average molecular weight is 281 g/mol. The number of anilines is 2. The zero-order chi connectivity index (χ0) is 15.1. The minimum atomic E-state index is -0.438. The molecule has 0 aliphatic carbocycles. The number of urea groups is 1. The van der Waals surface area contributed by atoms with E-state index in [1.54, 1.807) is 39.3 Å². The fourth-order valence-electron chi connectivity index (χ4n) is 1.61. The fraction of sp³-hybridized carbons (Fsp3) is 0.417. The molecule has 1 aromatic carbocycles. The number of nitro groups is 1. The molecule has 0 radical (unpaired) electrons. The van der Waals surface area contributed by atoms with Gasteiger partial charge in [-0.25, -0.2) is 4.79 Å². The molecule has 2 amide bonds. The second-order valence-electron chi connectivity index (χ2n) is 4.26. The smallest absolute Gasteiger partial charge is 0.316 e. The summed E-state index contributed by atoms with van der Waals surface area (Å²) in [5.41, 5.74) is 0.854. The predicted molar refractivity (Wildman–Crippen MR) is 78.2 cm³/mol. The number of nitrogens with one attached hydrogen (secondary N) is 3. The van der Waals surface area contributed by atoms with Crippen LogP contribution in [0.1, 0.15) is 0 Å². The molecule has 0 spiro atoms. The maximum absolute atomic E-state index is 11.3. The Bertz CT molecular complexity index is 490. The van der Waals surface area contributed by atoms with Crippen molar-refractivity contribution in [2.75, 3.05) is 44.9 Å². The van der Waals surface area contributed by atoms with Crippen LogP contribution in [0.4, 0.5) is 21.9 Å². The van der Waals surface area contributed by atoms with Crippen molar-refractivity contribution in [2.24, 2.45) is 0 Å². The minimum absolute atomic E-state index is 0.00561. The highest BCUT2D eigenvalue weighted by atomic mass is 16.6. The third-order valence-corrected chi connectivity index (χ3v) is 2.61. The lowest BCUT2D eigenvalue weighted by Gasteiger charge is -2.13. The molecule has 3 N–H and O–H groups in total. The van der Waals surface area contributed by atoms with E-state index in [1.165, 1.54) is 4.90 Å². The summed E-state index contributed by atoms with van der Waals surface area (Å²) in [6.07, 6.45) is 0. The number of nitrogens with zero attached hydrogens (tertiary/aromatic N) is 2. The second-order valence-corrected chi connectivity index (χ2v) is 4.26. The molecular formula is C12H19N5O3. The van der Waals surface area contributed by atoms with E-state index in [0.29, 0.717) is 24.5 Å². The largest absolute Gasteiger partial charge is 0.382 e. The first kappa shape index (κ1) is 15.5. The Morgan fingerprint density at radius 3 is 2.50 bits per heavy atom. The molecule has 0 saturated carbocycles. The molecule has 0 aliphatic heterocycles. The summed E-state index contributed by atoms with van der Waals surface area (Å²) in [4.78, 5) is 23.4. The van der Waals surface area contributed by atoms with Crippen molar-refractivity contribution in [3.05, 3.63) is 28.3 Å². The molecule has 0 heterocycles. The van der Waals surface area contributed by atoms with Gasteiger partial charge in [-0.05, 0) is 12.1 Å². The quantitative estimate of drug-likeness (QED) is 0.415. The third kappa shape index (κ3) is 4.01. The Hall–Kier alpha value is -2.51. The molecular weight excluding hydrogens is 262 g/mol. The summed E-state index contributed by atoms with van der Waals surface area (Å²) in [5, 5.41) is 19.5. The van der Waals surface area contributed by atoms with E-state index in [9.17, 15) is 14.9 Å². The molecule has 20 heavy (non-hydrogen) atoms. The van der Waals surface area contributed by atoms with Crippen LogP contribution < -0.4 is 16.0 Å². The Morgan fingerprint density at radius 2 is 1.95 bits per heavy atom. The number of benzene rings is 1. The third-order valence-electron chi connectivity index (χ3n) is 2.61. The van der Waals surface area contributed by atoms with E-state index in [-0.39, 0.29) is 11.7 Å². The lowest BCUT2D eigenvalue weighted by Crippen LogP contribution is -2.37. The highest BCUT2D eigenvalue weighted by Gasteiger charge is 2.18. The normalized spacial score (nSPS) is 9.75. The van der Waals surface area contributed by atoms with Crippen LogP contribution in [0, 0.1) is 10.1 Å². The van der Waals surface area contributed by atoms with Gasteiger partial charge in [0.15, 0.2) is 0 Å². The summed E-state index contributed by atoms with van der Waals surface area (Å²) in [6.45, 7) is 0.769. The van der Waals surface area contributed by atoms with Crippen LogP contribution in [0.25, 0.3) is 0 Å². The van der Waals surface area contributed by atoms with Crippen molar-refractivity contribution in [1.82, 2.24) is 10.2 Å². The van der Waals surface area contributed by atoms with Gasteiger partial charge in [-0.2, -0.15) is 0 Å². The summed E-state index contributed by atoms with van der Waals surface area (Å²) < 4.78 is 0. The predicted octanol–water partition coefficient (Wildman–Crippen LogP) is 1.32. The highest BCUT2D eigenvalue weighted by molar-refractivity contribution is 5.76. The Kier molecular flexibility index (Phi) is 5.57. The first-order chi connectivity index (χ1) is 9.47. The SMILES string of the molecule is CNc1cccc(NCCNC(=O)N(C)C)c1[N+](=O)[O-]. The summed E-state index contributed by atoms with van der Waals surface area (Å²) in [6, 6.07) is 4.79. The fourth-order valence-corrected chi connectivity index (χ4v) is 1.61. The van der Waals surface area contributed by atoms with Crippen molar-refractivity contribution in [2.45, 2.75) is 0 Å². The van der Waals surface area contributed by atoms with E-state index in [2.05, 4.69) is 16.0 Å². The van der Waals surface area contributed by atoms with Gasteiger partial charge in [-0.15, -0.1) is 0 Å². The van der Waals surface area contributed by atoms with Crippen LogP contribution in [0.15, 0.2) is 18.2 Å². The first-order valence-corrected chi connectivity index (χ1v) is 6.11. The lowest BCUT2D eigenvalue weighted by molar-refractivity contribution is -0.383. The van der Waals surface area contributed by atoms with Crippen molar-refractivity contribution in [3.8, 4) is 0 Å². The number of hydrogen-bond donors (Lipinski definition) is 3. The highest BCUT2D eigenvalue weighted by Crippen LogP contribution is 2.32. The number of rotatable bonds is 6. The standard InChI is InChI=1S/C12H19N5O3/c1-13-9-5-4-6-10(11(9)17(19)20)14-7-8-15-12(18)16(2)3/h4-6,13-14H,7-8H2,1-3H3,(H,15,18). The Labute approximate surface area is 117 Å². The van der Waals surface area contributed by atoms with Crippen molar-refractivity contribution in [3.63, 3.8) is 0 Å². The molecule has 1 aromatic rings. The first-order valence-electron chi connectivity index (χ1n) is 6.11.